The Bertz CT molecular complexity index is 518. The molecule has 1 aliphatic heterocycles. The van der Waals surface area contributed by atoms with Crippen molar-refractivity contribution >= 4 is 40.1 Å². The summed E-state index contributed by atoms with van der Waals surface area (Å²) in [5.41, 5.74) is 0.654. The average molecular weight is 247 g/mol. The van der Waals surface area contributed by atoms with Crippen molar-refractivity contribution in [1.82, 2.24) is 0 Å². The second-order valence-corrected chi connectivity index (χ2v) is 5.59. The largest absolute Gasteiger partial charge is 0.219 e. The highest BCUT2D eigenvalue weighted by Gasteiger charge is 2.30. The van der Waals surface area contributed by atoms with Crippen molar-refractivity contribution in [3.63, 3.8) is 0 Å². The normalized spacial score (nSPS) is 17.7. The summed E-state index contributed by atoms with van der Waals surface area (Å²) in [6.45, 7) is 0. The van der Waals surface area contributed by atoms with Gasteiger partial charge in [-0.1, -0.05) is 23.7 Å². The van der Waals surface area contributed by atoms with Gasteiger partial charge >= 0.3 is 0 Å². The molecular weight excluding hydrogens is 240 g/mol. The molecule has 2 rings (SSSR count). The fourth-order valence-electron chi connectivity index (χ4n) is 1.44. The minimum absolute atomic E-state index is 0.202. The topological polar surface area (TPSA) is 34.1 Å². The van der Waals surface area contributed by atoms with Crippen LogP contribution >= 0.6 is 24.2 Å². The van der Waals surface area contributed by atoms with Crippen LogP contribution in [-0.2, 0) is 9.84 Å². The van der Waals surface area contributed by atoms with E-state index in [0.29, 0.717) is 10.5 Å². The zero-order valence-corrected chi connectivity index (χ0v) is 9.53. The Morgan fingerprint density at radius 3 is 2.64 bits per heavy atom. The predicted octanol–water partition coefficient (Wildman–Crippen LogP) is 2.40. The van der Waals surface area contributed by atoms with E-state index in [1.165, 1.54) is 0 Å². The van der Waals surface area contributed by atoms with Crippen LogP contribution in [0.4, 0.5) is 0 Å². The van der Waals surface area contributed by atoms with Gasteiger partial charge in [-0.05, 0) is 17.7 Å². The van der Waals surface area contributed by atoms with Crippen LogP contribution < -0.4 is 0 Å². The van der Waals surface area contributed by atoms with Crippen LogP contribution in [0.25, 0.3) is 6.08 Å². The number of sulfone groups is 1. The maximum atomic E-state index is 11.8. The standard InChI is InChI=1S/C9H7ClO2S2/c10-8-3-1-2-6-4-7(5-13)14(11,12)9(6)8/h1-4,13H,5H2. The molecular formula is C9H7ClO2S2. The number of rotatable bonds is 1. The van der Waals surface area contributed by atoms with E-state index in [9.17, 15) is 8.42 Å². The average Bonchev–Trinajstić information content (AvgIpc) is 2.38. The van der Waals surface area contributed by atoms with Crippen LogP contribution in [0.1, 0.15) is 5.56 Å². The van der Waals surface area contributed by atoms with E-state index in [0.717, 1.165) is 0 Å². The number of halogens is 1. The third kappa shape index (κ3) is 1.29. The minimum atomic E-state index is -3.37. The molecule has 0 saturated heterocycles. The predicted molar refractivity (Wildman–Crippen MR) is 60.5 cm³/mol. The second-order valence-electron chi connectivity index (χ2n) is 2.93. The fourth-order valence-corrected chi connectivity index (χ4v) is 4.00. The quantitative estimate of drug-likeness (QED) is 0.773. The maximum absolute atomic E-state index is 11.8. The molecule has 0 atom stereocenters. The van der Waals surface area contributed by atoms with Gasteiger partial charge in [0.15, 0.2) is 0 Å². The van der Waals surface area contributed by atoms with Gasteiger partial charge in [0.2, 0.25) is 9.84 Å². The Morgan fingerprint density at radius 2 is 2.07 bits per heavy atom. The van der Waals surface area contributed by atoms with Crippen molar-refractivity contribution in [2.75, 3.05) is 5.75 Å². The van der Waals surface area contributed by atoms with E-state index in [4.69, 9.17) is 11.6 Å². The summed E-state index contributed by atoms with van der Waals surface area (Å²) in [7, 11) is -3.37. The van der Waals surface area contributed by atoms with E-state index in [1.54, 1.807) is 24.3 Å². The molecule has 1 heterocycles. The summed E-state index contributed by atoms with van der Waals surface area (Å²) < 4.78 is 23.7. The van der Waals surface area contributed by atoms with Gasteiger partial charge in [-0.2, -0.15) is 12.6 Å². The number of hydrogen-bond donors (Lipinski definition) is 1. The highest BCUT2D eigenvalue weighted by Crippen LogP contribution is 2.37. The van der Waals surface area contributed by atoms with Gasteiger partial charge in [0.05, 0.1) is 14.8 Å². The first-order valence-corrected chi connectivity index (χ1v) is 6.42. The maximum Gasteiger partial charge on any atom is 0.205 e. The summed E-state index contributed by atoms with van der Waals surface area (Å²) in [6.07, 6.45) is 1.61. The van der Waals surface area contributed by atoms with E-state index >= 15 is 0 Å². The minimum Gasteiger partial charge on any atom is -0.219 e. The highest BCUT2D eigenvalue weighted by molar-refractivity contribution is 7.97. The Labute approximate surface area is 92.9 Å². The second kappa shape index (κ2) is 3.29. The first kappa shape index (κ1) is 10.1. The molecule has 74 valence electrons. The van der Waals surface area contributed by atoms with Crippen molar-refractivity contribution in [3.05, 3.63) is 33.7 Å². The summed E-state index contributed by atoms with van der Waals surface area (Å²) in [6, 6.07) is 5.04. The third-order valence-electron chi connectivity index (χ3n) is 2.08. The van der Waals surface area contributed by atoms with E-state index in [-0.39, 0.29) is 15.7 Å². The molecule has 0 aliphatic carbocycles. The number of benzene rings is 1. The Hall–Kier alpha value is -0.450. The lowest BCUT2D eigenvalue weighted by Gasteiger charge is -2.02. The van der Waals surface area contributed by atoms with Crippen LogP contribution in [0.5, 0.6) is 0 Å². The first-order valence-electron chi connectivity index (χ1n) is 3.92. The van der Waals surface area contributed by atoms with Crippen molar-refractivity contribution < 1.29 is 8.42 Å². The van der Waals surface area contributed by atoms with Crippen molar-refractivity contribution in [3.8, 4) is 0 Å². The Kier molecular flexibility index (Phi) is 2.37. The molecule has 0 saturated carbocycles. The monoisotopic (exact) mass is 246 g/mol. The van der Waals surface area contributed by atoms with Gasteiger partial charge in [0.25, 0.3) is 0 Å². The lowest BCUT2D eigenvalue weighted by atomic mass is 10.2. The summed E-state index contributed by atoms with van der Waals surface area (Å²) >= 11 is 9.82. The van der Waals surface area contributed by atoms with E-state index < -0.39 is 9.84 Å². The molecule has 1 aromatic carbocycles. The summed E-state index contributed by atoms with van der Waals surface area (Å²) in [5, 5.41) is 0.274. The molecule has 0 N–H and O–H groups in total. The molecule has 0 radical (unpaired) electrons. The molecule has 0 bridgehead atoms. The van der Waals surface area contributed by atoms with Gasteiger partial charge in [-0.15, -0.1) is 0 Å². The lowest BCUT2D eigenvalue weighted by molar-refractivity contribution is 0.603. The molecule has 0 amide bonds. The van der Waals surface area contributed by atoms with Crippen molar-refractivity contribution in [1.29, 1.82) is 0 Å². The van der Waals surface area contributed by atoms with Crippen LogP contribution in [0.2, 0.25) is 5.02 Å². The van der Waals surface area contributed by atoms with E-state index in [1.807, 2.05) is 0 Å². The molecule has 1 aromatic rings. The summed E-state index contributed by atoms with van der Waals surface area (Å²) in [5.74, 6) is 0.202. The van der Waals surface area contributed by atoms with Gasteiger partial charge in [-0.3, -0.25) is 0 Å². The molecule has 0 unspecified atom stereocenters. The molecule has 0 spiro atoms. The molecule has 0 aromatic heterocycles. The highest BCUT2D eigenvalue weighted by atomic mass is 35.5. The van der Waals surface area contributed by atoms with Crippen LogP contribution in [0.3, 0.4) is 0 Å². The van der Waals surface area contributed by atoms with Gasteiger partial charge in [-0.25, -0.2) is 8.42 Å². The van der Waals surface area contributed by atoms with Crippen molar-refractivity contribution in [2.45, 2.75) is 4.90 Å². The number of fused-ring (bicyclic) bond motifs is 1. The number of hydrogen-bond acceptors (Lipinski definition) is 3. The smallest absolute Gasteiger partial charge is 0.205 e. The zero-order valence-electron chi connectivity index (χ0n) is 7.07. The molecule has 14 heavy (non-hydrogen) atoms. The van der Waals surface area contributed by atoms with E-state index in [2.05, 4.69) is 12.6 Å². The Balaban J connectivity index is 2.78. The SMILES string of the molecule is O=S1(=O)C(CS)=Cc2cccc(Cl)c21. The van der Waals surface area contributed by atoms with Gasteiger partial charge in [0, 0.05) is 5.75 Å². The Morgan fingerprint density at radius 1 is 1.36 bits per heavy atom. The summed E-state index contributed by atoms with van der Waals surface area (Å²) in [4.78, 5) is 0.523. The zero-order chi connectivity index (χ0) is 10.3. The number of thiol groups is 1. The van der Waals surface area contributed by atoms with Crippen LogP contribution in [0.15, 0.2) is 28.0 Å². The fraction of sp³-hybridized carbons (Fsp3) is 0.111. The van der Waals surface area contributed by atoms with Crippen LogP contribution in [0, 0.1) is 0 Å². The lowest BCUT2D eigenvalue weighted by Crippen LogP contribution is -2.02. The van der Waals surface area contributed by atoms with Gasteiger partial charge < -0.3 is 0 Å². The molecule has 5 heteroatoms. The molecule has 1 aliphatic rings. The first-order chi connectivity index (χ1) is 6.57. The molecule has 0 fully saturated rings. The van der Waals surface area contributed by atoms with Crippen molar-refractivity contribution in [2.24, 2.45) is 0 Å². The third-order valence-corrected chi connectivity index (χ3v) is 5.01. The van der Waals surface area contributed by atoms with Crippen LogP contribution in [-0.4, -0.2) is 14.2 Å². The van der Waals surface area contributed by atoms with Gasteiger partial charge in [0.1, 0.15) is 0 Å². The molecule has 2 nitrogen and oxygen atoms in total.